The summed E-state index contributed by atoms with van der Waals surface area (Å²) in [5, 5.41) is 2.77. The van der Waals surface area contributed by atoms with E-state index in [1.165, 1.54) is 24.3 Å². The van der Waals surface area contributed by atoms with Crippen LogP contribution >= 0.6 is 0 Å². The summed E-state index contributed by atoms with van der Waals surface area (Å²) in [6.07, 6.45) is 0.885. The number of carbonyl (C=O) groups excluding carboxylic acids is 1. The first kappa shape index (κ1) is 23.2. The molecule has 1 atom stereocenters. The van der Waals surface area contributed by atoms with Crippen molar-refractivity contribution < 1.29 is 26.4 Å². The van der Waals surface area contributed by atoms with Crippen molar-refractivity contribution in [1.29, 1.82) is 0 Å². The van der Waals surface area contributed by atoms with Gasteiger partial charge in [-0.25, -0.2) is 21.6 Å². The second-order valence-electron chi connectivity index (χ2n) is 7.52. The molecule has 0 saturated carbocycles. The third-order valence-electron chi connectivity index (χ3n) is 4.85. The van der Waals surface area contributed by atoms with E-state index in [4.69, 9.17) is 4.74 Å². The summed E-state index contributed by atoms with van der Waals surface area (Å²) >= 11 is 0. The Bertz CT molecular complexity index is 1130. The van der Waals surface area contributed by atoms with Crippen molar-refractivity contribution in [3.8, 4) is 5.75 Å². The largest absolute Gasteiger partial charge is 0.494 e. The molecular weight excluding hydrogens is 440 g/mol. The molecule has 8 nitrogen and oxygen atoms in total. The molecule has 31 heavy (non-hydrogen) atoms. The van der Waals surface area contributed by atoms with E-state index in [1.54, 1.807) is 0 Å². The Morgan fingerprint density at radius 1 is 1.16 bits per heavy atom. The molecule has 2 aromatic carbocycles. The number of amides is 1. The molecule has 10 heteroatoms. The minimum atomic E-state index is -3.85. The van der Waals surface area contributed by atoms with Crippen molar-refractivity contribution in [3.05, 3.63) is 59.7 Å². The third-order valence-corrected chi connectivity index (χ3v) is 8.15. The summed E-state index contributed by atoms with van der Waals surface area (Å²) in [5.74, 6) is 0.261. The number of sulfone groups is 1. The first-order valence-corrected chi connectivity index (χ1v) is 13.3. The van der Waals surface area contributed by atoms with Crippen LogP contribution in [0.2, 0.25) is 0 Å². The number of ether oxygens (including phenoxy) is 1. The van der Waals surface area contributed by atoms with Crippen molar-refractivity contribution in [2.24, 2.45) is 0 Å². The smallest absolute Gasteiger partial charge is 0.251 e. The molecule has 1 heterocycles. The van der Waals surface area contributed by atoms with Crippen LogP contribution in [0.25, 0.3) is 0 Å². The maximum Gasteiger partial charge on any atom is 0.251 e. The molecule has 1 saturated heterocycles. The summed E-state index contributed by atoms with van der Waals surface area (Å²) in [5.41, 5.74) is 1.45. The lowest BCUT2D eigenvalue weighted by Crippen LogP contribution is -2.35. The highest BCUT2D eigenvalue weighted by Gasteiger charge is 2.31. The molecule has 0 unspecified atom stereocenters. The van der Waals surface area contributed by atoms with E-state index in [0.717, 1.165) is 11.3 Å². The second kappa shape index (κ2) is 9.80. The number of benzene rings is 2. The van der Waals surface area contributed by atoms with Gasteiger partial charge >= 0.3 is 0 Å². The van der Waals surface area contributed by atoms with E-state index >= 15 is 0 Å². The molecule has 168 valence electrons. The number of rotatable bonds is 9. The fourth-order valence-corrected chi connectivity index (χ4v) is 6.28. The van der Waals surface area contributed by atoms with Crippen LogP contribution in [0.4, 0.5) is 0 Å². The number of hydrogen-bond acceptors (Lipinski definition) is 6. The average Bonchev–Trinajstić information content (AvgIpc) is 3.05. The number of aryl methyl sites for hydroxylation is 1. The summed E-state index contributed by atoms with van der Waals surface area (Å²) in [4.78, 5) is 12.2. The fourth-order valence-electron chi connectivity index (χ4n) is 3.23. The van der Waals surface area contributed by atoms with Crippen LogP contribution in [-0.2, 0) is 19.9 Å². The van der Waals surface area contributed by atoms with Gasteiger partial charge in [0.2, 0.25) is 10.0 Å². The zero-order valence-electron chi connectivity index (χ0n) is 17.2. The first-order valence-electron chi connectivity index (χ1n) is 9.95. The highest BCUT2D eigenvalue weighted by Crippen LogP contribution is 2.16. The summed E-state index contributed by atoms with van der Waals surface area (Å²) in [6, 6.07) is 12.6. The van der Waals surface area contributed by atoms with Gasteiger partial charge in [-0.2, -0.15) is 0 Å². The normalized spacial score (nSPS) is 17.9. The van der Waals surface area contributed by atoms with Gasteiger partial charge in [0.15, 0.2) is 9.84 Å². The second-order valence-corrected chi connectivity index (χ2v) is 11.5. The van der Waals surface area contributed by atoms with Crippen molar-refractivity contribution in [3.63, 3.8) is 0 Å². The quantitative estimate of drug-likeness (QED) is 0.543. The topological polar surface area (TPSA) is 119 Å². The monoisotopic (exact) mass is 466 g/mol. The Morgan fingerprint density at radius 2 is 1.90 bits per heavy atom. The molecule has 0 spiro atoms. The number of carbonyl (C=O) groups is 1. The van der Waals surface area contributed by atoms with Gasteiger partial charge < -0.3 is 10.1 Å². The Morgan fingerprint density at radius 3 is 2.55 bits per heavy atom. The van der Waals surface area contributed by atoms with Crippen LogP contribution in [0.1, 0.15) is 28.8 Å². The Hall–Kier alpha value is -2.43. The summed E-state index contributed by atoms with van der Waals surface area (Å²) in [7, 11) is -7.04. The van der Waals surface area contributed by atoms with Gasteiger partial charge in [-0.3, -0.25) is 4.79 Å². The van der Waals surface area contributed by atoms with Crippen LogP contribution in [0.15, 0.2) is 53.4 Å². The first-order chi connectivity index (χ1) is 14.6. The lowest BCUT2D eigenvalue weighted by atomic mass is 10.2. The highest BCUT2D eigenvalue weighted by atomic mass is 32.2. The van der Waals surface area contributed by atoms with Gasteiger partial charge in [-0.1, -0.05) is 12.1 Å². The van der Waals surface area contributed by atoms with Crippen LogP contribution in [0, 0.1) is 6.92 Å². The zero-order valence-corrected chi connectivity index (χ0v) is 18.8. The molecule has 2 N–H and O–H groups in total. The molecule has 3 rings (SSSR count). The predicted octanol–water partition coefficient (Wildman–Crippen LogP) is 1.66. The fraction of sp³-hybridized carbons (Fsp3) is 0.381. The van der Waals surface area contributed by atoms with Crippen LogP contribution in [0.5, 0.6) is 5.75 Å². The molecule has 2 aromatic rings. The van der Waals surface area contributed by atoms with Gasteiger partial charge in [0, 0.05) is 18.2 Å². The maximum absolute atomic E-state index is 12.4. The molecular formula is C21H26N2O6S2. The Labute approximate surface area is 183 Å². The van der Waals surface area contributed by atoms with Gasteiger partial charge in [-0.15, -0.1) is 0 Å². The van der Waals surface area contributed by atoms with Crippen LogP contribution in [0.3, 0.4) is 0 Å². The molecule has 0 aliphatic carbocycles. The van der Waals surface area contributed by atoms with Crippen molar-refractivity contribution >= 4 is 25.8 Å². The van der Waals surface area contributed by atoms with Gasteiger partial charge in [0.05, 0.1) is 23.0 Å². The molecule has 1 fully saturated rings. The standard InChI is InChI=1S/C21H26N2O6S2/c1-16-4-2-5-19(14-16)29-12-3-11-22-21(24)17-6-8-20(9-7-17)31(27,28)23-18-10-13-30(25,26)15-18/h2,4-9,14,18,23H,3,10-13,15H2,1H3,(H,22,24)/t18-/m1/s1. The lowest BCUT2D eigenvalue weighted by Gasteiger charge is -2.12. The third kappa shape index (κ3) is 6.78. The van der Waals surface area contributed by atoms with E-state index in [-0.39, 0.29) is 28.7 Å². The van der Waals surface area contributed by atoms with Gasteiger partial charge in [-0.05, 0) is 61.7 Å². The van der Waals surface area contributed by atoms with Crippen LogP contribution in [-0.4, -0.2) is 53.4 Å². The van der Waals surface area contributed by atoms with Crippen LogP contribution < -0.4 is 14.8 Å². The molecule has 0 radical (unpaired) electrons. The van der Waals surface area contributed by atoms with Crippen molar-refractivity contribution in [2.45, 2.75) is 30.7 Å². The van der Waals surface area contributed by atoms with Gasteiger partial charge in [0.25, 0.3) is 5.91 Å². The SMILES string of the molecule is Cc1cccc(OCCCNC(=O)c2ccc(S(=O)(=O)N[C@@H]3CCS(=O)(=O)C3)cc2)c1. The minimum Gasteiger partial charge on any atom is -0.494 e. The Balaban J connectivity index is 1.46. The molecule has 0 bridgehead atoms. The van der Waals surface area contributed by atoms with E-state index in [9.17, 15) is 21.6 Å². The lowest BCUT2D eigenvalue weighted by molar-refractivity contribution is 0.0951. The van der Waals surface area contributed by atoms with E-state index in [0.29, 0.717) is 25.1 Å². The van der Waals surface area contributed by atoms with E-state index < -0.39 is 25.9 Å². The van der Waals surface area contributed by atoms with Crippen molar-refractivity contribution in [2.75, 3.05) is 24.7 Å². The predicted molar refractivity (Wildman–Crippen MR) is 117 cm³/mol. The molecule has 1 aliphatic rings. The average molecular weight is 467 g/mol. The van der Waals surface area contributed by atoms with E-state index in [1.807, 2.05) is 31.2 Å². The number of nitrogens with one attached hydrogen (secondary N) is 2. The summed E-state index contributed by atoms with van der Waals surface area (Å²) < 4.78 is 56.0. The molecule has 1 aliphatic heterocycles. The minimum absolute atomic E-state index is 0.0140. The maximum atomic E-state index is 12.4. The molecule has 1 amide bonds. The van der Waals surface area contributed by atoms with Gasteiger partial charge in [0.1, 0.15) is 5.75 Å². The highest BCUT2D eigenvalue weighted by molar-refractivity contribution is 7.92. The number of hydrogen-bond donors (Lipinski definition) is 2. The number of sulfonamides is 1. The van der Waals surface area contributed by atoms with E-state index in [2.05, 4.69) is 10.0 Å². The summed E-state index contributed by atoms with van der Waals surface area (Å²) in [6.45, 7) is 2.87. The zero-order chi connectivity index (χ0) is 22.5. The Kier molecular flexibility index (Phi) is 7.34. The molecule has 0 aromatic heterocycles. The van der Waals surface area contributed by atoms with Crippen molar-refractivity contribution in [1.82, 2.24) is 10.0 Å².